The smallest absolute Gasteiger partial charge is 0.357 e. The van der Waals surface area contributed by atoms with Gasteiger partial charge in [-0.05, 0) is 44.2 Å². The fourth-order valence-electron chi connectivity index (χ4n) is 3.70. The molecule has 0 atom stereocenters. The van der Waals surface area contributed by atoms with Crippen molar-refractivity contribution in [1.29, 1.82) is 0 Å². The Morgan fingerprint density at radius 2 is 1.93 bits per heavy atom. The second kappa shape index (κ2) is 9.95. The van der Waals surface area contributed by atoms with Gasteiger partial charge in [0.2, 0.25) is 0 Å². The maximum atomic E-state index is 13.1. The third-order valence-electron chi connectivity index (χ3n) is 5.60. The first-order valence-electron chi connectivity index (χ1n) is 10.5. The lowest BCUT2D eigenvalue weighted by atomic mass is 9.64. The summed E-state index contributed by atoms with van der Waals surface area (Å²) in [4.78, 5) is 4.71. The van der Waals surface area contributed by atoms with E-state index in [9.17, 15) is 13.2 Å². The highest BCUT2D eigenvalue weighted by atomic mass is 19.4. The summed E-state index contributed by atoms with van der Waals surface area (Å²) in [6, 6.07) is 5.72. The second-order valence-corrected chi connectivity index (χ2v) is 7.74. The van der Waals surface area contributed by atoms with Crippen molar-refractivity contribution >= 4 is 5.96 Å². The second-order valence-electron chi connectivity index (χ2n) is 7.74. The van der Waals surface area contributed by atoms with E-state index in [1.165, 1.54) is 12.1 Å². The molecule has 1 heterocycles. The molecule has 1 aliphatic rings. The van der Waals surface area contributed by atoms with E-state index in [0.717, 1.165) is 63.4 Å². The predicted octanol–water partition coefficient (Wildman–Crippen LogP) is 3.75. The number of halogens is 3. The van der Waals surface area contributed by atoms with E-state index in [4.69, 9.17) is 4.99 Å². The van der Waals surface area contributed by atoms with Crippen molar-refractivity contribution < 1.29 is 13.2 Å². The van der Waals surface area contributed by atoms with Crippen molar-refractivity contribution in [3.63, 3.8) is 0 Å². The number of rotatable bonds is 9. The number of nitrogens with one attached hydrogen (secondary N) is 2. The number of aliphatic imine (C=N–C) groups is 1. The summed E-state index contributed by atoms with van der Waals surface area (Å²) in [6.07, 6.45) is 3.74. The van der Waals surface area contributed by atoms with Gasteiger partial charge in [-0.2, -0.15) is 13.2 Å². The van der Waals surface area contributed by atoms with Gasteiger partial charge in [0.15, 0.2) is 5.96 Å². The van der Waals surface area contributed by atoms with Gasteiger partial charge in [-0.1, -0.05) is 24.6 Å². The van der Waals surface area contributed by atoms with Crippen LogP contribution in [0.3, 0.4) is 0 Å². The molecular formula is C21H29F3N6. The molecular weight excluding hydrogens is 393 g/mol. The molecule has 1 aromatic heterocycles. The molecule has 0 bridgehead atoms. The standard InChI is InChI=1S/C21H29F3N6/c1-2-25-19(26-11-3-4-12-30-15-28-29-16-30)27-14-20(9-6-10-20)17-7-5-8-18(13-17)21(22,23)24/h5,7-8,13,15-16H,2-4,6,9-12,14H2,1H3,(H2,25,26,27). The monoisotopic (exact) mass is 422 g/mol. The Morgan fingerprint density at radius 1 is 1.17 bits per heavy atom. The van der Waals surface area contributed by atoms with Crippen LogP contribution in [0.2, 0.25) is 0 Å². The first-order chi connectivity index (χ1) is 14.4. The average Bonchev–Trinajstić information content (AvgIpc) is 3.20. The van der Waals surface area contributed by atoms with Gasteiger partial charge in [0.05, 0.1) is 12.1 Å². The predicted molar refractivity (Wildman–Crippen MR) is 110 cm³/mol. The van der Waals surface area contributed by atoms with Gasteiger partial charge < -0.3 is 15.2 Å². The van der Waals surface area contributed by atoms with Gasteiger partial charge >= 0.3 is 6.18 Å². The molecule has 9 heteroatoms. The Morgan fingerprint density at radius 3 is 2.57 bits per heavy atom. The van der Waals surface area contributed by atoms with Gasteiger partial charge in [-0.3, -0.25) is 4.99 Å². The van der Waals surface area contributed by atoms with Crippen molar-refractivity contribution in [3.8, 4) is 0 Å². The van der Waals surface area contributed by atoms with Crippen molar-refractivity contribution in [3.05, 3.63) is 48.0 Å². The summed E-state index contributed by atoms with van der Waals surface area (Å²) >= 11 is 0. The van der Waals surface area contributed by atoms with E-state index in [-0.39, 0.29) is 5.41 Å². The lowest BCUT2D eigenvalue weighted by molar-refractivity contribution is -0.137. The summed E-state index contributed by atoms with van der Waals surface area (Å²) in [5, 5.41) is 14.1. The van der Waals surface area contributed by atoms with Gasteiger partial charge in [0.25, 0.3) is 0 Å². The Hall–Kier alpha value is -2.58. The minimum Gasteiger partial charge on any atom is -0.357 e. The third-order valence-corrected chi connectivity index (χ3v) is 5.60. The lowest BCUT2D eigenvalue weighted by Crippen LogP contribution is -2.42. The number of benzene rings is 1. The molecule has 0 aliphatic heterocycles. The maximum Gasteiger partial charge on any atom is 0.416 e. The van der Waals surface area contributed by atoms with Crippen molar-refractivity contribution in [2.24, 2.45) is 4.99 Å². The lowest BCUT2D eigenvalue weighted by Gasteiger charge is -2.41. The quantitative estimate of drug-likeness (QED) is 0.367. The minimum atomic E-state index is -4.33. The van der Waals surface area contributed by atoms with Gasteiger partial charge in [-0.15, -0.1) is 10.2 Å². The molecule has 0 unspecified atom stereocenters. The topological polar surface area (TPSA) is 67.1 Å². The van der Waals surface area contributed by atoms with Crippen LogP contribution in [0.25, 0.3) is 0 Å². The van der Waals surface area contributed by atoms with Crippen LogP contribution >= 0.6 is 0 Å². The van der Waals surface area contributed by atoms with E-state index >= 15 is 0 Å². The van der Waals surface area contributed by atoms with Gasteiger partial charge in [-0.25, -0.2) is 0 Å². The Kier molecular flexibility index (Phi) is 7.33. The van der Waals surface area contributed by atoms with Crippen LogP contribution < -0.4 is 10.6 Å². The van der Waals surface area contributed by atoms with E-state index in [0.29, 0.717) is 12.5 Å². The number of aryl methyl sites for hydroxylation is 1. The first kappa shape index (κ1) is 22.1. The Labute approximate surface area is 175 Å². The molecule has 0 radical (unpaired) electrons. The van der Waals surface area contributed by atoms with Crippen LogP contribution in [0, 0.1) is 0 Å². The number of unbranched alkanes of at least 4 members (excludes halogenated alkanes) is 1. The highest BCUT2D eigenvalue weighted by molar-refractivity contribution is 5.79. The summed E-state index contributed by atoms with van der Waals surface area (Å²) in [5.74, 6) is 0.708. The van der Waals surface area contributed by atoms with Crippen molar-refractivity contribution in [2.75, 3.05) is 19.6 Å². The maximum absolute atomic E-state index is 13.1. The molecule has 1 saturated carbocycles. The molecule has 1 aliphatic carbocycles. The molecule has 0 spiro atoms. The van der Waals surface area contributed by atoms with Crippen LogP contribution in [0.15, 0.2) is 41.9 Å². The molecule has 2 aromatic rings. The Bertz CT molecular complexity index is 812. The van der Waals surface area contributed by atoms with Crippen LogP contribution in [0.1, 0.15) is 50.2 Å². The minimum absolute atomic E-state index is 0.308. The molecule has 1 aromatic carbocycles. The number of aromatic nitrogens is 3. The SMILES string of the molecule is CCNC(=NCC1(c2cccc(C(F)(F)F)c2)CCC1)NCCCCn1cnnc1. The average molecular weight is 422 g/mol. The number of hydrogen-bond donors (Lipinski definition) is 2. The number of hydrogen-bond acceptors (Lipinski definition) is 3. The number of guanidine groups is 1. The van der Waals surface area contributed by atoms with Crippen LogP contribution in [-0.2, 0) is 18.1 Å². The van der Waals surface area contributed by atoms with Crippen molar-refractivity contribution in [1.82, 2.24) is 25.4 Å². The summed E-state index contributed by atoms with van der Waals surface area (Å²) < 4.78 is 41.3. The summed E-state index contributed by atoms with van der Waals surface area (Å²) in [5.41, 5.74) is -0.164. The zero-order valence-electron chi connectivity index (χ0n) is 17.3. The zero-order valence-corrected chi connectivity index (χ0v) is 17.3. The van der Waals surface area contributed by atoms with Crippen LogP contribution in [0.4, 0.5) is 13.2 Å². The normalized spacial score (nSPS) is 16.2. The van der Waals surface area contributed by atoms with E-state index < -0.39 is 11.7 Å². The number of nitrogens with zero attached hydrogens (tertiary/aromatic N) is 4. The van der Waals surface area contributed by atoms with Crippen molar-refractivity contribution in [2.45, 2.75) is 57.2 Å². The summed E-state index contributed by atoms with van der Waals surface area (Å²) in [6.45, 7) is 4.83. The fourth-order valence-corrected chi connectivity index (χ4v) is 3.70. The molecule has 3 rings (SSSR count). The van der Waals surface area contributed by atoms with Crippen LogP contribution in [-0.4, -0.2) is 40.4 Å². The first-order valence-corrected chi connectivity index (χ1v) is 10.5. The van der Waals surface area contributed by atoms with E-state index in [1.807, 2.05) is 11.5 Å². The Balaban J connectivity index is 1.58. The molecule has 0 saturated heterocycles. The highest BCUT2D eigenvalue weighted by Gasteiger charge is 2.40. The van der Waals surface area contributed by atoms with E-state index in [2.05, 4.69) is 20.8 Å². The molecule has 164 valence electrons. The van der Waals surface area contributed by atoms with Gasteiger partial charge in [0.1, 0.15) is 12.7 Å². The summed E-state index contributed by atoms with van der Waals surface area (Å²) in [7, 11) is 0. The zero-order chi connectivity index (χ0) is 21.5. The van der Waals surface area contributed by atoms with Gasteiger partial charge in [0, 0.05) is 25.0 Å². The third kappa shape index (κ3) is 5.73. The fraction of sp³-hybridized carbons (Fsp3) is 0.571. The molecule has 30 heavy (non-hydrogen) atoms. The molecule has 2 N–H and O–H groups in total. The van der Waals surface area contributed by atoms with Crippen LogP contribution in [0.5, 0.6) is 0 Å². The highest BCUT2D eigenvalue weighted by Crippen LogP contribution is 2.45. The molecule has 0 amide bonds. The largest absolute Gasteiger partial charge is 0.416 e. The van der Waals surface area contributed by atoms with E-state index in [1.54, 1.807) is 18.7 Å². The molecule has 1 fully saturated rings. The number of alkyl halides is 3. The molecule has 6 nitrogen and oxygen atoms in total.